The molecule has 2 fully saturated rings. The van der Waals surface area contributed by atoms with Crippen molar-refractivity contribution in [1.29, 1.82) is 0 Å². The standard InChI is InChI=1S/C14H23N3O2S/c1-2-5-15-12-9-20-8-11(12)14-16-13(17-19-14)10-3-6-18-7-4-10/h10-12,15H,2-9H2,1H3. The van der Waals surface area contributed by atoms with Crippen LogP contribution in [0.1, 0.15) is 49.7 Å². The Hall–Kier alpha value is -0.590. The molecule has 2 aliphatic rings. The Labute approximate surface area is 124 Å². The van der Waals surface area contributed by atoms with E-state index in [1.807, 2.05) is 11.8 Å². The first-order valence-corrected chi connectivity index (χ1v) is 8.76. The quantitative estimate of drug-likeness (QED) is 0.899. The van der Waals surface area contributed by atoms with Gasteiger partial charge in [-0.15, -0.1) is 0 Å². The molecular weight excluding hydrogens is 274 g/mol. The molecule has 1 aromatic rings. The zero-order valence-electron chi connectivity index (χ0n) is 12.0. The van der Waals surface area contributed by atoms with Crippen molar-refractivity contribution in [2.75, 3.05) is 31.3 Å². The van der Waals surface area contributed by atoms with Gasteiger partial charge in [-0.2, -0.15) is 16.7 Å². The van der Waals surface area contributed by atoms with Gasteiger partial charge in [0.25, 0.3) is 0 Å². The molecule has 6 heteroatoms. The van der Waals surface area contributed by atoms with E-state index in [1.54, 1.807) is 0 Å². The summed E-state index contributed by atoms with van der Waals surface area (Å²) in [5.74, 6) is 4.71. The molecule has 3 heterocycles. The molecule has 1 aromatic heterocycles. The van der Waals surface area contributed by atoms with Gasteiger partial charge in [-0.1, -0.05) is 12.1 Å². The molecule has 0 saturated carbocycles. The second kappa shape index (κ2) is 6.91. The highest BCUT2D eigenvalue weighted by atomic mass is 32.2. The molecule has 0 amide bonds. The minimum absolute atomic E-state index is 0.368. The van der Waals surface area contributed by atoms with Gasteiger partial charge in [0, 0.05) is 36.7 Å². The summed E-state index contributed by atoms with van der Waals surface area (Å²) in [6, 6.07) is 0.475. The van der Waals surface area contributed by atoms with Crippen molar-refractivity contribution in [2.45, 2.75) is 44.1 Å². The highest BCUT2D eigenvalue weighted by Gasteiger charge is 2.34. The van der Waals surface area contributed by atoms with E-state index in [1.165, 1.54) is 0 Å². The summed E-state index contributed by atoms with van der Waals surface area (Å²) < 4.78 is 10.9. The maximum absolute atomic E-state index is 5.56. The van der Waals surface area contributed by atoms with Gasteiger partial charge in [0.15, 0.2) is 5.82 Å². The van der Waals surface area contributed by atoms with E-state index >= 15 is 0 Å². The summed E-state index contributed by atoms with van der Waals surface area (Å²) in [7, 11) is 0. The van der Waals surface area contributed by atoms with Crippen LogP contribution in [-0.4, -0.2) is 47.4 Å². The van der Waals surface area contributed by atoms with Crippen LogP contribution in [0.2, 0.25) is 0 Å². The molecule has 0 bridgehead atoms. The SMILES string of the molecule is CCCNC1CSCC1c1nc(C2CCOCC2)no1. The highest BCUT2D eigenvalue weighted by Crippen LogP contribution is 2.33. The highest BCUT2D eigenvalue weighted by molar-refractivity contribution is 7.99. The third kappa shape index (κ3) is 3.18. The smallest absolute Gasteiger partial charge is 0.232 e. The average molecular weight is 297 g/mol. The third-order valence-electron chi connectivity index (χ3n) is 4.10. The molecule has 0 aliphatic carbocycles. The number of aromatic nitrogens is 2. The number of thioether (sulfide) groups is 1. The van der Waals surface area contributed by atoms with Crippen molar-refractivity contribution in [2.24, 2.45) is 0 Å². The number of hydrogen-bond acceptors (Lipinski definition) is 6. The molecule has 3 rings (SSSR count). The van der Waals surface area contributed by atoms with Crippen molar-refractivity contribution in [1.82, 2.24) is 15.5 Å². The van der Waals surface area contributed by atoms with E-state index in [4.69, 9.17) is 9.26 Å². The van der Waals surface area contributed by atoms with Gasteiger partial charge >= 0.3 is 0 Å². The average Bonchev–Trinajstić information content (AvgIpc) is 3.14. The number of hydrogen-bond donors (Lipinski definition) is 1. The summed E-state index contributed by atoms with van der Waals surface area (Å²) >= 11 is 1.97. The fourth-order valence-electron chi connectivity index (χ4n) is 2.85. The molecule has 2 saturated heterocycles. The maximum atomic E-state index is 5.56. The number of ether oxygens (including phenoxy) is 1. The lowest BCUT2D eigenvalue weighted by atomic mass is 9.99. The van der Waals surface area contributed by atoms with Crippen LogP contribution < -0.4 is 5.32 Å². The Morgan fingerprint density at radius 2 is 2.15 bits per heavy atom. The van der Waals surface area contributed by atoms with Gasteiger partial charge in [-0.3, -0.25) is 0 Å². The molecular formula is C14H23N3O2S. The minimum Gasteiger partial charge on any atom is -0.381 e. The van der Waals surface area contributed by atoms with Gasteiger partial charge in [-0.25, -0.2) is 0 Å². The van der Waals surface area contributed by atoms with Crippen LogP contribution in [0.5, 0.6) is 0 Å². The van der Waals surface area contributed by atoms with Crippen LogP contribution in [0.3, 0.4) is 0 Å². The van der Waals surface area contributed by atoms with Crippen molar-refractivity contribution < 1.29 is 9.26 Å². The number of rotatable bonds is 5. The minimum atomic E-state index is 0.368. The third-order valence-corrected chi connectivity index (χ3v) is 5.29. The lowest BCUT2D eigenvalue weighted by Gasteiger charge is -2.18. The zero-order valence-corrected chi connectivity index (χ0v) is 12.8. The van der Waals surface area contributed by atoms with Crippen molar-refractivity contribution >= 4 is 11.8 Å². The lowest BCUT2D eigenvalue weighted by Crippen LogP contribution is -2.34. The molecule has 0 radical (unpaired) electrons. The van der Waals surface area contributed by atoms with Crippen molar-refractivity contribution in [3.05, 3.63) is 11.7 Å². The molecule has 0 aromatic carbocycles. The van der Waals surface area contributed by atoms with E-state index in [0.29, 0.717) is 17.9 Å². The first kappa shape index (κ1) is 14.4. The van der Waals surface area contributed by atoms with Crippen molar-refractivity contribution in [3.8, 4) is 0 Å². The van der Waals surface area contributed by atoms with E-state index < -0.39 is 0 Å². The summed E-state index contributed by atoms with van der Waals surface area (Å²) in [5.41, 5.74) is 0. The Bertz CT molecular complexity index is 420. The fraction of sp³-hybridized carbons (Fsp3) is 0.857. The van der Waals surface area contributed by atoms with Gasteiger partial charge in [0.05, 0.1) is 5.92 Å². The lowest BCUT2D eigenvalue weighted by molar-refractivity contribution is 0.0830. The Morgan fingerprint density at radius 3 is 2.95 bits per heavy atom. The molecule has 1 N–H and O–H groups in total. The van der Waals surface area contributed by atoms with E-state index in [9.17, 15) is 0 Å². The predicted molar refractivity (Wildman–Crippen MR) is 79.2 cm³/mol. The van der Waals surface area contributed by atoms with Crippen LogP contribution in [0, 0.1) is 0 Å². The first-order valence-electron chi connectivity index (χ1n) is 7.61. The van der Waals surface area contributed by atoms with Gasteiger partial charge in [0.1, 0.15) is 0 Å². The molecule has 112 valence electrons. The van der Waals surface area contributed by atoms with E-state index in [0.717, 1.165) is 62.2 Å². The maximum Gasteiger partial charge on any atom is 0.232 e. The zero-order chi connectivity index (χ0) is 13.8. The normalized spacial score (nSPS) is 28.1. The second-order valence-corrected chi connectivity index (χ2v) is 6.66. The number of nitrogens with zero attached hydrogens (tertiary/aromatic N) is 2. The summed E-state index contributed by atoms with van der Waals surface area (Å²) in [4.78, 5) is 4.69. The number of nitrogens with one attached hydrogen (secondary N) is 1. The van der Waals surface area contributed by atoms with Crippen LogP contribution in [0.25, 0.3) is 0 Å². The Kier molecular flexibility index (Phi) is 4.96. The predicted octanol–water partition coefficient (Wildman–Crippen LogP) is 2.16. The fourth-order valence-corrected chi connectivity index (χ4v) is 4.22. The van der Waals surface area contributed by atoms with E-state index in [2.05, 4.69) is 22.4 Å². The molecule has 2 unspecified atom stereocenters. The van der Waals surface area contributed by atoms with Crippen LogP contribution >= 0.6 is 11.8 Å². The summed E-state index contributed by atoms with van der Waals surface area (Å²) in [5, 5.41) is 7.82. The van der Waals surface area contributed by atoms with Crippen LogP contribution in [0.4, 0.5) is 0 Å². The topological polar surface area (TPSA) is 60.2 Å². The summed E-state index contributed by atoms with van der Waals surface area (Å²) in [6.45, 7) is 4.88. The largest absolute Gasteiger partial charge is 0.381 e. The van der Waals surface area contributed by atoms with E-state index in [-0.39, 0.29) is 0 Å². The monoisotopic (exact) mass is 297 g/mol. The molecule has 20 heavy (non-hydrogen) atoms. The first-order chi connectivity index (χ1) is 9.88. The van der Waals surface area contributed by atoms with Crippen LogP contribution in [-0.2, 0) is 4.74 Å². The Morgan fingerprint density at radius 1 is 1.30 bits per heavy atom. The van der Waals surface area contributed by atoms with Crippen molar-refractivity contribution in [3.63, 3.8) is 0 Å². The van der Waals surface area contributed by atoms with Gasteiger partial charge in [0.2, 0.25) is 5.89 Å². The molecule has 2 atom stereocenters. The Balaban J connectivity index is 1.65. The second-order valence-electron chi connectivity index (χ2n) is 5.58. The van der Waals surface area contributed by atoms with Gasteiger partial charge in [-0.05, 0) is 25.8 Å². The molecule has 5 nitrogen and oxygen atoms in total. The van der Waals surface area contributed by atoms with Crippen LogP contribution in [0.15, 0.2) is 4.52 Å². The summed E-state index contributed by atoms with van der Waals surface area (Å²) in [6.07, 6.45) is 3.18. The molecule has 0 spiro atoms. The van der Waals surface area contributed by atoms with Gasteiger partial charge < -0.3 is 14.6 Å². The molecule has 2 aliphatic heterocycles.